The summed E-state index contributed by atoms with van der Waals surface area (Å²) in [5.74, 6) is 0.500. The van der Waals surface area contributed by atoms with E-state index in [1.54, 1.807) is 0 Å². The Morgan fingerprint density at radius 2 is 1.71 bits per heavy atom. The normalized spacial score (nSPS) is 11.5. The van der Waals surface area contributed by atoms with E-state index in [1.165, 1.54) is 5.56 Å². The maximum Gasteiger partial charge on any atom is 0.264 e. The first-order valence-electron chi connectivity index (χ1n) is 5.45. The summed E-state index contributed by atoms with van der Waals surface area (Å²) in [4.78, 5) is 0. The molecule has 0 fully saturated rings. The van der Waals surface area contributed by atoms with Gasteiger partial charge >= 0.3 is 0 Å². The quantitative estimate of drug-likeness (QED) is 0.650. The zero-order chi connectivity index (χ0) is 13.1. The Hall–Kier alpha value is -1.07. The van der Waals surface area contributed by atoms with Crippen molar-refractivity contribution in [1.29, 1.82) is 0 Å². The van der Waals surface area contributed by atoms with Crippen LogP contribution in [0, 0.1) is 20.8 Å². The van der Waals surface area contributed by atoms with Crippen LogP contribution in [0.25, 0.3) is 0 Å². The Bertz CT molecular complexity index is 491. The van der Waals surface area contributed by atoms with E-state index in [-0.39, 0.29) is 18.8 Å². The van der Waals surface area contributed by atoms with E-state index in [9.17, 15) is 8.42 Å². The molecule has 0 radical (unpaired) electrons. The number of benzene rings is 1. The Morgan fingerprint density at radius 1 is 1.12 bits per heavy atom. The topological polar surface area (TPSA) is 63.6 Å². The van der Waals surface area contributed by atoms with Gasteiger partial charge in [-0.1, -0.05) is 6.07 Å². The van der Waals surface area contributed by atoms with Gasteiger partial charge in [-0.25, -0.2) is 0 Å². The summed E-state index contributed by atoms with van der Waals surface area (Å²) >= 11 is 0. The van der Waals surface area contributed by atoms with Crippen LogP contribution in [-0.2, 0) is 10.1 Å². The molecular formula is C12H18O4S. The maximum atomic E-state index is 10.5. The smallest absolute Gasteiger partial charge is 0.264 e. The molecule has 1 rings (SSSR count). The van der Waals surface area contributed by atoms with E-state index in [2.05, 4.69) is 0 Å². The second-order valence-corrected chi connectivity index (χ2v) is 5.76. The van der Waals surface area contributed by atoms with Gasteiger partial charge in [-0.15, -0.1) is 0 Å². The zero-order valence-corrected chi connectivity index (χ0v) is 11.2. The van der Waals surface area contributed by atoms with Crippen molar-refractivity contribution in [2.24, 2.45) is 0 Å². The molecule has 0 aliphatic carbocycles. The van der Waals surface area contributed by atoms with E-state index < -0.39 is 10.1 Å². The fraction of sp³-hybridized carbons (Fsp3) is 0.500. The SMILES string of the molecule is Cc1cc(C)c(OCCCS(=O)(=O)O)cc1C. The molecular weight excluding hydrogens is 240 g/mol. The monoisotopic (exact) mass is 258 g/mol. The van der Waals surface area contributed by atoms with Crippen LogP contribution in [-0.4, -0.2) is 25.3 Å². The Labute approximate surface area is 102 Å². The second-order valence-electron chi connectivity index (χ2n) is 4.19. The Kier molecular flexibility index (Phi) is 4.54. The minimum absolute atomic E-state index is 0.267. The lowest BCUT2D eigenvalue weighted by Gasteiger charge is -2.11. The van der Waals surface area contributed by atoms with E-state index in [4.69, 9.17) is 9.29 Å². The Morgan fingerprint density at radius 3 is 2.29 bits per heavy atom. The molecule has 0 aliphatic rings. The lowest BCUT2D eigenvalue weighted by molar-refractivity contribution is 0.314. The van der Waals surface area contributed by atoms with E-state index >= 15 is 0 Å². The summed E-state index contributed by atoms with van der Waals surface area (Å²) in [7, 11) is -3.88. The highest BCUT2D eigenvalue weighted by Gasteiger charge is 2.06. The summed E-state index contributed by atoms with van der Waals surface area (Å²) in [5.41, 5.74) is 3.37. The first kappa shape index (κ1) is 14.0. The van der Waals surface area contributed by atoms with Crippen LogP contribution in [0.2, 0.25) is 0 Å². The molecule has 5 heteroatoms. The molecule has 4 nitrogen and oxygen atoms in total. The molecule has 0 atom stereocenters. The molecule has 1 N–H and O–H groups in total. The molecule has 0 saturated heterocycles. The van der Waals surface area contributed by atoms with Crippen LogP contribution in [0.1, 0.15) is 23.1 Å². The number of hydrogen-bond acceptors (Lipinski definition) is 3. The number of aryl methyl sites for hydroxylation is 3. The molecule has 0 aromatic heterocycles. The van der Waals surface area contributed by atoms with Gasteiger partial charge in [0.25, 0.3) is 10.1 Å². The van der Waals surface area contributed by atoms with Gasteiger partial charge in [-0.3, -0.25) is 4.55 Å². The maximum absolute atomic E-state index is 10.5. The average Bonchev–Trinajstić information content (AvgIpc) is 2.18. The second kappa shape index (κ2) is 5.51. The first-order valence-corrected chi connectivity index (χ1v) is 7.06. The fourth-order valence-corrected chi connectivity index (χ4v) is 2.00. The van der Waals surface area contributed by atoms with Gasteiger partial charge in [-0.2, -0.15) is 8.42 Å². The summed E-state index contributed by atoms with van der Waals surface area (Å²) < 4.78 is 35.1. The third kappa shape index (κ3) is 4.75. The van der Waals surface area contributed by atoms with Crippen molar-refractivity contribution in [3.05, 3.63) is 28.8 Å². The largest absolute Gasteiger partial charge is 0.493 e. The van der Waals surface area contributed by atoms with Crippen LogP contribution in [0.4, 0.5) is 0 Å². The first-order chi connectivity index (χ1) is 7.79. The molecule has 0 amide bonds. The lowest BCUT2D eigenvalue weighted by Crippen LogP contribution is -2.09. The van der Waals surface area contributed by atoms with Crippen LogP contribution >= 0.6 is 0 Å². The molecule has 0 aliphatic heterocycles. The molecule has 1 aromatic rings. The summed E-state index contributed by atoms with van der Waals surface area (Å²) in [6, 6.07) is 3.98. The van der Waals surface area contributed by atoms with E-state index in [0.29, 0.717) is 0 Å². The van der Waals surface area contributed by atoms with E-state index in [1.807, 2.05) is 32.9 Å². The Balaban J connectivity index is 2.55. The van der Waals surface area contributed by atoms with Gasteiger partial charge in [0.1, 0.15) is 5.75 Å². The highest BCUT2D eigenvalue weighted by atomic mass is 32.2. The van der Waals surface area contributed by atoms with Crippen molar-refractivity contribution >= 4 is 10.1 Å². The van der Waals surface area contributed by atoms with Crippen molar-refractivity contribution in [3.63, 3.8) is 0 Å². The van der Waals surface area contributed by atoms with Crippen LogP contribution in [0.15, 0.2) is 12.1 Å². The molecule has 0 unspecified atom stereocenters. The zero-order valence-electron chi connectivity index (χ0n) is 10.4. The number of ether oxygens (including phenoxy) is 1. The molecule has 1 aromatic carbocycles. The fourth-order valence-electron chi connectivity index (χ4n) is 1.51. The summed E-state index contributed by atoms with van der Waals surface area (Å²) in [6.07, 6.45) is 0.283. The molecule has 0 spiro atoms. The molecule has 17 heavy (non-hydrogen) atoms. The third-order valence-electron chi connectivity index (χ3n) is 2.60. The van der Waals surface area contributed by atoms with Crippen molar-refractivity contribution in [2.45, 2.75) is 27.2 Å². The van der Waals surface area contributed by atoms with Gasteiger partial charge in [0.2, 0.25) is 0 Å². The van der Waals surface area contributed by atoms with Gasteiger partial charge in [0.05, 0.1) is 12.4 Å². The van der Waals surface area contributed by atoms with E-state index in [0.717, 1.165) is 16.9 Å². The minimum Gasteiger partial charge on any atom is -0.493 e. The van der Waals surface area contributed by atoms with Gasteiger partial charge in [0, 0.05) is 0 Å². The molecule has 0 heterocycles. The minimum atomic E-state index is -3.88. The molecule has 0 saturated carbocycles. The van der Waals surface area contributed by atoms with Crippen LogP contribution in [0.5, 0.6) is 5.75 Å². The van der Waals surface area contributed by atoms with Gasteiger partial charge in [0.15, 0.2) is 0 Å². The lowest BCUT2D eigenvalue weighted by atomic mass is 10.1. The van der Waals surface area contributed by atoms with Crippen molar-refractivity contribution in [3.8, 4) is 5.75 Å². The average molecular weight is 258 g/mol. The van der Waals surface area contributed by atoms with Crippen molar-refractivity contribution in [1.82, 2.24) is 0 Å². The van der Waals surface area contributed by atoms with Gasteiger partial charge < -0.3 is 4.74 Å². The summed E-state index contributed by atoms with van der Waals surface area (Å²) in [6.45, 7) is 6.26. The predicted octanol–water partition coefficient (Wildman–Crippen LogP) is 2.27. The summed E-state index contributed by atoms with van der Waals surface area (Å²) in [5, 5.41) is 0. The number of hydrogen-bond donors (Lipinski definition) is 1. The van der Waals surface area contributed by atoms with Crippen LogP contribution in [0.3, 0.4) is 0 Å². The van der Waals surface area contributed by atoms with Gasteiger partial charge in [-0.05, 0) is 49.9 Å². The third-order valence-corrected chi connectivity index (χ3v) is 3.40. The molecule has 96 valence electrons. The van der Waals surface area contributed by atoms with Crippen LogP contribution < -0.4 is 4.74 Å². The highest BCUT2D eigenvalue weighted by Crippen LogP contribution is 2.22. The van der Waals surface area contributed by atoms with Crippen molar-refractivity contribution < 1.29 is 17.7 Å². The number of rotatable bonds is 5. The molecule has 0 bridgehead atoms. The predicted molar refractivity (Wildman–Crippen MR) is 67.2 cm³/mol. The highest BCUT2D eigenvalue weighted by molar-refractivity contribution is 7.85. The standard InChI is InChI=1S/C12H18O4S/c1-9-7-11(3)12(8-10(9)2)16-5-4-6-17(13,14)15/h7-8H,4-6H2,1-3H3,(H,13,14,15). The van der Waals surface area contributed by atoms with Crippen molar-refractivity contribution in [2.75, 3.05) is 12.4 Å².